The van der Waals surface area contributed by atoms with Crippen molar-refractivity contribution in [3.8, 4) is 0 Å². The highest BCUT2D eigenvalue weighted by atomic mass is 32.2. The fraction of sp³-hybridized carbons (Fsp3) is 0.235. The van der Waals surface area contributed by atoms with Gasteiger partial charge < -0.3 is 0 Å². The normalized spacial score (nSPS) is 20.6. The minimum atomic E-state index is -0.254. The van der Waals surface area contributed by atoms with Crippen molar-refractivity contribution in [1.29, 1.82) is 0 Å². The molecule has 0 N–H and O–H groups in total. The van der Waals surface area contributed by atoms with Crippen LogP contribution >= 0.6 is 11.8 Å². The molecule has 102 valence electrons. The standard InChI is InChI=1S/C17H15FOS/c18-13-7-4-8-14(9-13)20-11-17(19)16-10-15(16)12-5-2-1-3-6-12/h1-9,15-16H,10-11H2. The maximum absolute atomic E-state index is 13.0. The van der Waals surface area contributed by atoms with E-state index in [0.717, 1.165) is 11.3 Å². The zero-order valence-electron chi connectivity index (χ0n) is 11.0. The van der Waals surface area contributed by atoms with E-state index in [4.69, 9.17) is 0 Å². The van der Waals surface area contributed by atoms with Gasteiger partial charge in [0.2, 0.25) is 0 Å². The fourth-order valence-electron chi connectivity index (χ4n) is 2.44. The van der Waals surface area contributed by atoms with Crippen molar-refractivity contribution in [2.45, 2.75) is 17.2 Å². The molecule has 2 unspecified atom stereocenters. The zero-order chi connectivity index (χ0) is 13.9. The third-order valence-corrected chi connectivity index (χ3v) is 4.63. The van der Waals surface area contributed by atoms with Crippen molar-refractivity contribution in [2.24, 2.45) is 5.92 Å². The summed E-state index contributed by atoms with van der Waals surface area (Å²) in [6.07, 6.45) is 0.951. The molecule has 0 saturated heterocycles. The average Bonchev–Trinajstić information content (AvgIpc) is 3.26. The molecule has 1 aliphatic carbocycles. The molecule has 0 amide bonds. The molecule has 1 nitrogen and oxygen atoms in total. The molecular formula is C17H15FOS. The van der Waals surface area contributed by atoms with Crippen LogP contribution in [-0.4, -0.2) is 11.5 Å². The third-order valence-electron chi connectivity index (χ3n) is 3.61. The summed E-state index contributed by atoms with van der Waals surface area (Å²) in [6, 6.07) is 16.6. The summed E-state index contributed by atoms with van der Waals surface area (Å²) in [6.45, 7) is 0. The first-order chi connectivity index (χ1) is 9.74. The number of ketones is 1. The molecule has 1 saturated carbocycles. The Balaban J connectivity index is 1.54. The van der Waals surface area contributed by atoms with E-state index in [9.17, 15) is 9.18 Å². The second-order valence-corrected chi connectivity index (χ2v) is 6.12. The maximum atomic E-state index is 13.0. The first-order valence-corrected chi connectivity index (χ1v) is 7.68. The number of carbonyl (C=O) groups excluding carboxylic acids is 1. The van der Waals surface area contributed by atoms with E-state index in [0.29, 0.717) is 11.7 Å². The molecule has 0 aliphatic heterocycles. The smallest absolute Gasteiger partial charge is 0.146 e. The van der Waals surface area contributed by atoms with Crippen molar-refractivity contribution in [1.82, 2.24) is 0 Å². The summed E-state index contributed by atoms with van der Waals surface area (Å²) in [5.41, 5.74) is 1.25. The molecule has 0 aromatic heterocycles. The third kappa shape index (κ3) is 3.10. The van der Waals surface area contributed by atoms with Crippen LogP contribution in [0.3, 0.4) is 0 Å². The van der Waals surface area contributed by atoms with Gasteiger partial charge in [0.05, 0.1) is 5.75 Å². The molecule has 2 aromatic carbocycles. The Labute approximate surface area is 122 Å². The number of carbonyl (C=O) groups is 1. The maximum Gasteiger partial charge on any atom is 0.146 e. The van der Waals surface area contributed by atoms with Crippen LogP contribution in [0.2, 0.25) is 0 Å². The number of hydrogen-bond donors (Lipinski definition) is 0. The molecule has 1 fully saturated rings. The van der Waals surface area contributed by atoms with E-state index < -0.39 is 0 Å². The number of Topliss-reactive ketones (excluding diaryl/α,β-unsaturated/α-hetero) is 1. The predicted molar refractivity (Wildman–Crippen MR) is 79.4 cm³/mol. The van der Waals surface area contributed by atoms with Crippen LogP contribution in [-0.2, 0) is 4.79 Å². The summed E-state index contributed by atoms with van der Waals surface area (Å²) in [7, 11) is 0. The van der Waals surface area contributed by atoms with E-state index in [2.05, 4.69) is 12.1 Å². The van der Waals surface area contributed by atoms with E-state index in [1.165, 1.54) is 29.5 Å². The predicted octanol–water partition coefficient (Wildman–Crippen LogP) is 4.29. The number of rotatable bonds is 5. The van der Waals surface area contributed by atoms with Gasteiger partial charge in [-0.1, -0.05) is 36.4 Å². The second-order valence-electron chi connectivity index (χ2n) is 5.07. The SMILES string of the molecule is O=C(CSc1cccc(F)c1)C1CC1c1ccccc1. The largest absolute Gasteiger partial charge is 0.298 e. The van der Waals surface area contributed by atoms with Crippen LogP contribution < -0.4 is 0 Å². The van der Waals surface area contributed by atoms with Crippen LogP contribution in [0.4, 0.5) is 4.39 Å². The molecule has 3 rings (SSSR count). The van der Waals surface area contributed by atoms with Crippen LogP contribution in [0.15, 0.2) is 59.5 Å². The van der Waals surface area contributed by atoms with Gasteiger partial charge in [0.25, 0.3) is 0 Å². The lowest BCUT2D eigenvalue weighted by Gasteiger charge is -2.02. The van der Waals surface area contributed by atoms with Crippen molar-refractivity contribution in [3.63, 3.8) is 0 Å². The minimum absolute atomic E-state index is 0.151. The lowest BCUT2D eigenvalue weighted by atomic mass is 10.1. The lowest BCUT2D eigenvalue weighted by Crippen LogP contribution is -2.05. The number of halogens is 1. The van der Waals surface area contributed by atoms with E-state index in [1.807, 2.05) is 24.3 Å². The highest BCUT2D eigenvalue weighted by Crippen LogP contribution is 2.48. The second kappa shape index (κ2) is 5.80. The van der Waals surface area contributed by atoms with Gasteiger partial charge in [-0.2, -0.15) is 0 Å². The van der Waals surface area contributed by atoms with E-state index >= 15 is 0 Å². The van der Waals surface area contributed by atoms with Gasteiger partial charge in [0, 0.05) is 10.8 Å². The van der Waals surface area contributed by atoms with Gasteiger partial charge in [-0.3, -0.25) is 4.79 Å². The lowest BCUT2D eigenvalue weighted by molar-refractivity contribution is -0.117. The van der Waals surface area contributed by atoms with Crippen molar-refractivity contribution in [2.75, 3.05) is 5.75 Å². The summed E-state index contributed by atoms with van der Waals surface area (Å²) in [5, 5.41) is 0. The first-order valence-electron chi connectivity index (χ1n) is 6.70. The summed E-state index contributed by atoms with van der Waals surface area (Å²) in [5.74, 6) is 0.983. The van der Waals surface area contributed by atoms with Crippen molar-refractivity contribution in [3.05, 3.63) is 66.0 Å². The molecule has 0 heterocycles. The number of benzene rings is 2. The van der Waals surface area contributed by atoms with Gasteiger partial charge in [-0.25, -0.2) is 4.39 Å². The Morgan fingerprint density at radius 3 is 2.70 bits per heavy atom. The number of thioether (sulfide) groups is 1. The molecule has 1 aliphatic rings. The minimum Gasteiger partial charge on any atom is -0.298 e. The molecule has 3 heteroatoms. The van der Waals surface area contributed by atoms with E-state index in [1.54, 1.807) is 6.07 Å². The van der Waals surface area contributed by atoms with Crippen LogP contribution in [0.25, 0.3) is 0 Å². The van der Waals surface area contributed by atoms with Crippen LogP contribution in [0.1, 0.15) is 17.9 Å². The average molecular weight is 286 g/mol. The van der Waals surface area contributed by atoms with Crippen LogP contribution in [0.5, 0.6) is 0 Å². The molecule has 0 radical (unpaired) electrons. The Kier molecular flexibility index (Phi) is 3.88. The molecule has 0 spiro atoms. The quantitative estimate of drug-likeness (QED) is 0.763. The fourth-order valence-corrected chi connectivity index (χ4v) is 3.33. The highest BCUT2D eigenvalue weighted by molar-refractivity contribution is 8.00. The highest BCUT2D eigenvalue weighted by Gasteiger charge is 2.43. The van der Waals surface area contributed by atoms with Gasteiger partial charge in [-0.15, -0.1) is 11.8 Å². The Morgan fingerprint density at radius 2 is 1.95 bits per heavy atom. The Hall–Kier alpha value is -1.61. The van der Waals surface area contributed by atoms with E-state index in [-0.39, 0.29) is 17.5 Å². The van der Waals surface area contributed by atoms with Crippen LogP contribution in [0, 0.1) is 11.7 Å². The molecule has 0 bridgehead atoms. The monoisotopic (exact) mass is 286 g/mol. The topological polar surface area (TPSA) is 17.1 Å². The summed E-state index contributed by atoms with van der Waals surface area (Å²) < 4.78 is 13.0. The molecule has 20 heavy (non-hydrogen) atoms. The molecular weight excluding hydrogens is 271 g/mol. The summed E-state index contributed by atoms with van der Waals surface area (Å²) >= 11 is 1.42. The van der Waals surface area contributed by atoms with Crippen molar-refractivity contribution >= 4 is 17.5 Å². The zero-order valence-corrected chi connectivity index (χ0v) is 11.8. The number of hydrogen-bond acceptors (Lipinski definition) is 2. The summed E-state index contributed by atoms with van der Waals surface area (Å²) in [4.78, 5) is 12.9. The Morgan fingerprint density at radius 1 is 1.15 bits per heavy atom. The molecule has 2 aromatic rings. The Bertz CT molecular complexity index is 611. The first kappa shape index (κ1) is 13.4. The van der Waals surface area contributed by atoms with Crippen molar-refractivity contribution < 1.29 is 9.18 Å². The molecule has 2 atom stereocenters. The van der Waals surface area contributed by atoms with Gasteiger partial charge in [0.15, 0.2) is 0 Å². The van der Waals surface area contributed by atoms with Gasteiger partial charge in [-0.05, 0) is 36.1 Å². The van der Waals surface area contributed by atoms with Gasteiger partial charge >= 0.3 is 0 Å². The van der Waals surface area contributed by atoms with Gasteiger partial charge in [0.1, 0.15) is 11.6 Å².